The Bertz CT molecular complexity index is 738. The number of carbonyl (C=O) groups excluding carboxylic acids is 1. The number of nitrogens with zero attached hydrogens (tertiary/aromatic N) is 4. The molecule has 2 aromatic rings. The summed E-state index contributed by atoms with van der Waals surface area (Å²) in [5, 5.41) is 13.2. The fraction of sp³-hybridized carbons (Fsp3) is 0.529. The van der Waals surface area contributed by atoms with Gasteiger partial charge in [0.15, 0.2) is 0 Å². The zero-order valence-electron chi connectivity index (χ0n) is 14.1. The molecule has 1 N–H and O–H groups in total. The van der Waals surface area contributed by atoms with E-state index in [4.69, 9.17) is 4.74 Å². The Kier molecular flexibility index (Phi) is 4.63. The van der Waals surface area contributed by atoms with E-state index in [1.54, 1.807) is 23.7 Å². The normalized spacial score (nSPS) is 25.6. The average molecular weight is 359 g/mol. The lowest BCUT2D eigenvalue weighted by atomic mass is 9.92. The van der Waals surface area contributed by atoms with Gasteiger partial charge in [-0.25, -0.2) is 0 Å². The summed E-state index contributed by atoms with van der Waals surface area (Å²) in [6, 6.07) is 3.82. The van der Waals surface area contributed by atoms with E-state index in [1.165, 1.54) is 0 Å². The van der Waals surface area contributed by atoms with E-state index in [9.17, 15) is 4.79 Å². The van der Waals surface area contributed by atoms with Crippen molar-refractivity contribution in [3.63, 3.8) is 0 Å². The minimum Gasteiger partial charge on any atom is -0.363 e. The third-order valence-electron chi connectivity index (χ3n) is 4.82. The van der Waals surface area contributed by atoms with Crippen LogP contribution in [0.4, 0.5) is 5.13 Å². The Balaban J connectivity index is 1.32. The molecule has 4 rings (SSSR count). The molecule has 7 nitrogen and oxygen atoms in total. The molecule has 2 fully saturated rings. The van der Waals surface area contributed by atoms with E-state index in [2.05, 4.69) is 25.4 Å². The molecule has 3 atom stereocenters. The first-order chi connectivity index (χ1) is 12.2. The number of aromatic nitrogens is 3. The molecule has 0 aliphatic carbocycles. The number of fused-ring (bicyclic) bond motifs is 1. The molecule has 1 amide bonds. The first-order valence-electron chi connectivity index (χ1n) is 8.56. The summed E-state index contributed by atoms with van der Waals surface area (Å²) in [5.41, 5.74) is 0.990. The van der Waals surface area contributed by atoms with Crippen LogP contribution in [-0.2, 0) is 16.1 Å². The third kappa shape index (κ3) is 3.64. The fourth-order valence-electron chi connectivity index (χ4n) is 3.49. The SMILES string of the molecule is Cc1nnc(N2CC[C@@H]3C[C@@H](C(=O)NCc4cccnc4)O[C@H]3C2)s1. The number of hydrogen-bond donors (Lipinski definition) is 1. The third-order valence-corrected chi connectivity index (χ3v) is 5.72. The highest BCUT2D eigenvalue weighted by Gasteiger charge is 2.42. The lowest BCUT2D eigenvalue weighted by molar-refractivity contribution is -0.132. The highest BCUT2D eigenvalue weighted by Crippen LogP contribution is 2.35. The highest BCUT2D eigenvalue weighted by molar-refractivity contribution is 7.15. The van der Waals surface area contributed by atoms with Crippen LogP contribution in [0.5, 0.6) is 0 Å². The number of ether oxygens (including phenoxy) is 1. The Morgan fingerprint density at radius 3 is 3.16 bits per heavy atom. The second-order valence-corrected chi connectivity index (χ2v) is 7.74. The van der Waals surface area contributed by atoms with Crippen molar-refractivity contribution in [2.75, 3.05) is 18.0 Å². The Labute approximate surface area is 150 Å². The second-order valence-electron chi connectivity index (χ2n) is 6.58. The fourth-order valence-corrected chi connectivity index (χ4v) is 4.22. The summed E-state index contributed by atoms with van der Waals surface area (Å²) in [4.78, 5) is 18.7. The van der Waals surface area contributed by atoms with Crippen molar-refractivity contribution in [3.05, 3.63) is 35.1 Å². The summed E-state index contributed by atoms with van der Waals surface area (Å²) < 4.78 is 6.06. The molecule has 4 heterocycles. The molecule has 0 radical (unpaired) electrons. The molecule has 2 aromatic heterocycles. The van der Waals surface area contributed by atoms with Gasteiger partial charge in [0.25, 0.3) is 0 Å². The van der Waals surface area contributed by atoms with Crippen molar-refractivity contribution < 1.29 is 9.53 Å². The van der Waals surface area contributed by atoms with Gasteiger partial charge in [-0.2, -0.15) is 0 Å². The molecule has 0 aromatic carbocycles. The van der Waals surface area contributed by atoms with Crippen LogP contribution in [0.25, 0.3) is 0 Å². The van der Waals surface area contributed by atoms with Crippen molar-refractivity contribution >= 4 is 22.4 Å². The summed E-state index contributed by atoms with van der Waals surface area (Å²) in [5.74, 6) is 0.413. The van der Waals surface area contributed by atoms with Crippen LogP contribution in [0.15, 0.2) is 24.5 Å². The maximum atomic E-state index is 12.4. The van der Waals surface area contributed by atoms with Crippen LogP contribution >= 0.6 is 11.3 Å². The zero-order valence-corrected chi connectivity index (χ0v) is 14.9. The Morgan fingerprint density at radius 2 is 2.40 bits per heavy atom. The smallest absolute Gasteiger partial charge is 0.249 e. The lowest BCUT2D eigenvalue weighted by Gasteiger charge is -2.33. The quantitative estimate of drug-likeness (QED) is 0.892. The number of amides is 1. The van der Waals surface area contributed by atoms with Crippen LogP contribution in [0, 0.1) is 12.8 Å². The summed E-state index contributed by atoms with van der Waals surface area (Å²) in [6.07, 6.45) is 5.04. The molecular weight excluding hydrogens is 338 g/mol. The van der Waals surface area contributed by atoms with Crippen molar-refractivity contribution in [2.45, 2.75) is 38.5 Å². The minimum atomic E-state index is -0.359. The van der Waals surface area contributed by atoms with E-state index in [0.717, 1.165) is 41.6 Å². The van der Waals surface area contributed by atoms with Crippen LogP contribution in [0.2, 0.25) is 0 Å². The Morgan fingerprint density at radius 1 is 1.48 bits per heavy atom. The largest absolute Gasteiger partial charge is 0.363 e. The van der Waals surface area contributed by atoms with Crippen molar-refractivity contribution in [1.29, 1.82) is 0 Å². The first-order valence-corrected chi connectivity index (χ1v) is 9.38. The van der Waals surface area contributed by atoms with Gasteiger partial charge < -0.3 is 15.0 Å². The molecule has 0 spiro atoms. The van der Waals surface area contributed by atoms with Gasteiger partial charge in [0, 0.05) is 32.0 Å². The minimum absolute atomic E-state index is 0.0310. The predicted molar refractivity (Wildman–Crippen MR) is 94.3 cm³/mol. The van der Waals surface area contributed by atoms with Gasteiger partial charge in [-0.05, 0) is 37.3 Å². The number of nitrogens with one attached hydrogen (secondary N) is 1. The van der Waals surface area contributed by atoms with Crippen LogP contribution < -0.4 is 10.2 Å². The van der Waals surface area contributed by atoms with E-state index in [-0.39, 0.29) is 18.1 Å². The number of rotatable bonds is 4. The van der Waals surface area contributed by atoms with Gasteiger partial charge in [0.2, 0.25) is 11.0 Å². The molecule has 0 saturated carbocycles. The van der Waals surface area contributed by atoms with Gasteiger partial charge in [-0.1, -0.05) is 17.4 Å². The number of aryl methyl sites for hydroxylation is 1. The zero-order chi connectivity index (χ0) is 17.2. The molecule has 2 aliphatic rings. The van der Waals surface area contributed by atoms with Gasteiger partial charge in [0.05, 0.1) is 6.10 Å². The van der Waals surface area contributed by atoms with Gasteiger partial charge in [-0.3, -0.25) is 9.78 Å². The highest BCUT2D eigenvalue weighted by atomic mass is 32.1. The lowest BCUT2D eigenvalue weighted by Crippen LogP contribution is -2.42. The van der Waals surface area contributed by atoms with Crippen molar-refractivity contribution in [2.24, 2.45) is 5.92 Å². The van der Waals surface area contributed by atoms with E-state index >= 15 is 0 Å². The number of piperidine rings is 1. The molecule has 2 aliphatic heterocycles. The second kappa shape index (κ2) is 7.05. The molecular formula is C17H21N5O2S. The predicted octanol–water partition coefficient (Wildman–Crippen LogP) is 1.54. The van der Waals surface area contributed by atoms with E-state index in [0.29, 0.717) is 12.5 Å². The number of carbonyl (C=O) groups is 1. The Hall–Kier alpha value is -2.06. The topological polar surface area (TPSA) is 80.2 Å². The van der Waals surface area contributed by atoms with Gasteiger partial charge in [0.1, 0.15) is 11.1 Å². The summed E-state index contributed by atoms with van der Waals surface area (Å²) in [7, 11) is 0. The standard InChI is InChI=1S/C17H21N5O2S/c1-11-20-21-17(25-11)22-6-4-13-7-14(24-15(13)10-22)16(23)19-9-12-3-2-5-18-8-12/h2-3,5,8,13-15H,4,6-7,9-10H2,1H3,(H,19,23)/t13-,14+,15+/m1/s1. The number of hydrogen-bond acceptors (Lipinski definition) is 7. The van der Waals surface area contributed by atoms with E-state index < -0.39 is 0 Å². The molecule has 0 unspecified atom stereocenters. The van der Waals surface area contributed by atoms with Crippen molar-refractivity contribution in [3.8, 4) is 0 Å². The molecule has 132 valence electrons. The van der Waals surface area contributed by atoms with Crippen LogP contribution in [0.3, 0.4) is 0 Å². The molecule has 8 heteroatoms. The van der Waals surface area contributed by atoms with Crippen LogP contribution in [0.1, 0.15) is 23.4 Å². The maximum absolute atomic E-state index is 12.4. The van der Waals surface area contributed by atoms with Crippen molar-refractivity contribution in [1.82, 2.24) is 20.5 Å². The molecule has 25 heavy (non-hydrogen) atoms. The van der Waals surface area contributed by atoms with E-state index in [1.807, 2.05) is 19.1 Å². The van der Waals surface area contributed by atoms with Crippen LogP contribution in [-0.4, -0.2) is 46.4 Å². The maximum Gasteiger partial charge on any atom is 0.249 e. The number of pyridine rings is 1. The average Bonchev–Trinajstić information content (AvgIpc) is 3.26. The van der Waals surface area contributed by atoms with Gasteiger partial charge in [-0.15, -0.1) is 10.2 Å². The molecule has 2 saturated heterocycles. The summed E-state index contributed by atoms with van der Waals surface area (Å²) in [6.45, 7) is 4.18. The number of anilines is 1. The molecule has 0 bridgehead atoms. The summed E-state index contributed by atoms with van der Waals surface area (Å²) >= 11 is 1.60. The first kappa shape index (κ1) is 16.4. The monoisotopic (exact) mass is 359 g/mol. The van der Waals surface area contributed by atoms with Gasteiger partial charge >= 0.3 is 0 Å².